The summed E-state index contributed by atoms with van der Waals surface area (Å²) in [6, 6.07) is 1.97. The summed E-state index contributed by atoms with van der Waals surface area (Å²) in [5.74, 6) is 0.633. The first-order chi connectivity index (χ1) is 6.33. The number of methoxy groups -OCH3 is 1. The fraction of sp³-hybridized carbons (Fsp3) is 0.200. The van der Waals surface area contributed by atoms with E-state index in [2.05, 4.69) is 9.97 Å². The van der Waals surface area contributed by atoms with Crippen molar-refractivity contribution >= 4 is 10.8 Å². The maximum absolute atomic E-state index is 5.13. The van der Waals surface area contributed by atoms with Crippen LogP contribution in [-0.2, 0) is 0 Å². The van der Waals surface area contributed by atoms with Gasteiger partial charge in [-0.2, -0.15) is 0 Å². The molecule has 0 radical (unpaired) electrons. The lowest BCUT2D eigenvalue weighted by Gasteiger charge is -2.04. The third-order valence-corrected chi connectivity index (χ3v) is 2.05. The first kappa shape index (κ1) is 7.98. The van der Waals surface area contributed by atoms with E-state index in [9.17, 15) is 0 Å². The van der Waals surface area contributed by atoms with Gasteiger partial charge in [-0.3, -0.25) is 4.98 Å². The molecule has 3 nitrogen and oxygen atoms in total. The van der Waals surface area contributed by atoms with Crippen LogP contribution in [0.15, 0.2) is 24.7 Å². The average molecular weight is 174 g/mol. The molecule has 0 atom stereocenters. The molecule has 0 spiro atoms. The molecular weight excluding hydrogens is 164 g/mol. The number of rotatable bonds is 1. The Morgan fingerprint density at radius 3 is 2.85 bits per heavy atom. The number of aryl methyl sites for hydroxylation is 1. The highest BCUT2D eigenvalue weighted by Crippen LogP contribution is 2.23. The fourth-order valence-electron chi connectivity index (χ4n) is 1.37. The second-order valence-corrected chi connectivity index (χ2v) is 2.87. The summed E-state index contributed by atoms with van der Waals surface area (Å²) < 4.78 is 5.13. The maximum atomic E-state index is 5.13. The summed E-state index contributed by atoms with van der Waals surface area (Å²) in [7, 11) is 1.62. The van der Waals surface area contributed by atoms with Crippen molar-refractivity contribution in [1.82, 2.24) is 9.97 Å². The molecule has 0 saturated carbocycles. The highest BCUT2D eigenvalue weighted by Gasteiger charge is 2.03. The molecule has 0 aromatic carbocycles. The first-order valence-electron chi connectivity index (χ1n) is 4.06. The molecule has 0 N–H and O–H groups in total. The molecule has 0 fully saturated rings. The van der Waals surface area contributed by atoms with Gasteiger partial charge in [0.2, 0.25) is 5.88 Å². The molecule has 2 heterocycles. The summed E-state index contributed by atoms with van der Waals surface area (Å²) in [4.78, 5) is 8.21. The Labute approximate surface area is 76.4 Å². The van der Waals surface area contributed by atoms with Crippen LogP contribution < -0.4 is 4.74 Å². The lowest BCUT2D eigenvalue weighted by molar-refractivity contribution is 0.403. The predicted molar refractivity (Wildman–Crippen MR) is 50.8 cm³/mol. The van der Waals surface area contributed by atoms with E-state index in [1.165, 1.54) is 0 Å². The number of nitrogens with zero attached hydrogens (tertiary/aromatic N) is 2. The van der Waals surface area contributed by atoms with Crippen LogP contribution >= 0.6 is 0 Å². The van der Waals surface area contributed by atoms with Crippen LogP contribution in [0.2, 0.25) is 0 Å². The minimum absolute atomic E-state index is 0.633. The molecule has 3 heteroatoms. The number of hydrogen-bond donors (Lipinski definition) is 0. The lowest BCUT2D eigenvalue weighted by atomic mass is 10.1. The van der Waals surface area contributed by atoms with Crippen molar-refractivity contribution in [3.8, 4) is 5.88 Å². The van der Waals surface area contributed by atoms with Crippen molar-refractivity contribution in [2.24, 2.45) is 0 Å². The summed E-state index contributed by atoms with van der Waals surface area (Å²) in [5, 5.41) is 2.10. The molecule has 0 aliphatic carbocycles. The standard InChI is InChI=1S/C10H10N2O/c1-7-5-12-10(13-2)9-6-11-4-3-8(7)9/h3-6H,1-2H3. The number of ether oxygens (including phenoxy) is 1. The maximum Gasteiger partial charge on any atom is 0.222 e. The second-order valence-electron chi connectivity index (χ2n) is 2.87. The molecule has 0 aliphatic heterocycles. The molecule has 0 saturated heterocycles. The monoisotopic (exact) mass is 174 g/mol. The van der Waals surface area contributed by atoms with E-state index in [1.807, 2.05) is 13.0 Å². The van der Waals surface area contributed by atoms with Gasteiger partial charge in [0.25, 0.3) is 0 Å². The van der Waals surface area contributed by atoms with E-state index in [4.69, 9.17) is 4.74 Å². The fourth-order valence-corrected chi connectivity index (χ4v) is 1.37. The van der Waals surface area contributed by atoms with Gasteiger partial charge in [0.05, 0.1) is 12.5 Å². The summed E-state index contributed by atoms with van der Waals surface area (Å²) >= 11 is 0. The first-order valence-corrected chi connectivity index (χ1v) is 4.06. The van der Waals surface area contributed by atoms with Gasteiger partial charge in [0, 0.05) is 18.6 Å². The van der Waals surface area contributed by atoms with E-state index in [1.54, 1.807) is 25.7 Å². The molecule has 0 unspecified atom stereocenters. The Morgan fingerprint density at radius 1 is 1.23 bits per heavy atom. The van der Waals surface area contributed by atoms with Crippen molar-refractivity contribution in [2.75, 3.05) is 7.11 Å². The van der Waals surface area contributed by atoms with Crippen LogP contribution in [0, 0.1) is 6.92 Å². The van der Waals surface area contributed by atoms with Gasteiger partial charge >= 0.3 is 0 Å². The van der Waals surface area contributed by atoms with E-state index in [0.717, 1.165) is 16.3 Å². The Bertz CT molecular complexity index is 440. The van der Waals surface area contributed by atoms with E-state index < -0.39 is 0 Å². The number of hydrogen-bond acceptors (Lipinski definition) is 3. The number of fused-ring (bicyclic) bond motifs is 1. The molecule has 2 aromatic rings. The topological polar surface area (TPSA) is 35.0 Å². The normalized spacial score (nSPS) is 10.3. The van der Waals surface area contributed by atoms with Gasteiger partial charge in [0.15, 0.2) is 0 Å². The average Bonchev–Trinajstić information content (AvgIpc) is 2.19. The minimum atomic E-state index is 0.633. The van der Waals surface area contributed by atoms with E-state index >= 15 is 0 Å². The quantitative estimate of drug-likeness (QED) is 0.662. The molecule has 0 aliphatic rings. The van der Waals surface area contributed by atoms with Gasteiger partial charge in [-0.1, -0.05) is 0 Å². The molecule has 0 amide bonds. The molecular formula is C10H10N2O. The Balaban J connectivity index is 2.84. The van der Waals surface area contributed by atoms with Crippen LogP contribution in [0.4, 0.5) is 0 Å². The summed E-state index contributed by atoms with van der Waals surface area (Å²) in [6.07, 6.45) is 5.35. The largest absolute Gasteiger partial charge is 0.481 e. The van der Waals surface area contributed by atoms with Crippen molar-refractivity contribution < 1.29 is 4.74 Å². The van der Waals surface area contributed by atoms with Crippen molar-refractivity contribution in [3.63, 3.8) is 0 Å². The van der Waals surface area contributed by atoms with Crippen LogP contribution in [-0.4, -0.2) is 17.1 Å². The molecule has 66 valence electrons. The molecule has 13 heavy (non-hydrogen) atoms. The van der Waals surface area contributed by atoms with Gasteiger partial charge in [-0.05, 0) is 23.9 Å². The number of pyridine rings is 2. The van der Waals surface area contributed by atoms with Crippen molar-refractivity contribution in [2.45, 2.75) is 6.92 Å². The van der Waals surface area contributed by atoms with Crippen LogP contribution in [0.3, 0.4) is 0 Å². The van der Waals surface area contributed by atoms with Crippen molar-refractivity contribution in [1.29, 1.82) is 0 Å². The van der Waals surface area contributed by atoms with Crippen molar-refractivity contribution in [3.05, 3.63) is 30.2 Å². The Morgan fingerprint density at radius 2 is 2.08 bits per heavy atom. The molecule has 0 bridgehead atoms. The minimum Gasteiger partial charge on any atom is -0.481 e. The lowest BCUT2D eigenvalue weighted by Crippen LogP contribution is -1.91. The third kappa shape index (κ3) is 1.22. The van der Waals surface area contributed by atoms with Crippen LogP contribution in [0.25, 0.3) is 10.8 Å². The van der Waals surface area contributed by atoms with Crippen LogP contribution in [0.5, 0.6) is 5.88 Å². The van der Waals surface area contributed by atoms with E-state index in [-0.39, 0.29) is 0 Å². The highest BCUT2D eigenvalue weighted by atomic mass is 16.5. The highest BCUT2D eigenvalue weighted by molar-refractivity contribution is 5.88. The Hall–Kier alpha value is -1.64. The van der Waals surface area contributed by atoms with Gasteiger partial charge in [-0.15, -0.1) is 0 Å². The molecule has 2 aromatic heterocycles. The van der Waals surface area contributed by atoms with Gasteiger partial charge < -0.3 is 4.74 Å². The molecule has 2 rings (SSSR count). The SMILES string of the molecule is COc1ncc(C)c2ccncc12. The summed E-state index contributed by atoms with van der Waals surface area (Å²) in [5.41, 5.74) is 1.14. The number of aromatic nitrogens is 2. The zero-order valence-corrected chi connectivity index (χ0v) is 7.61. The van der Waals surface area contributed by atoms with E-state index in [0.29, 0.717) is 5.88 Å². The van der Waals surface area contributed by atoms with Gasteiger partial charge in [-0.25, -0.2) is 4.98 Å². The smallest absolute Gasteiger partial charge is 0.222 e. The van der Waals surface area contributed by atoms with Crippen LogP contribution in [0.1, 0.15) is 5.56 Å². The summed E-state index contributed by atoms with van der Waals surface area (Å²) in [6.45, 7) is 2.02. The zero-order chi connectivity index (χ0) is 9.26. The Kier molecular flexibility index (Phi) is 1.85. The van der Waals surface area contributed by atoms with Gasteiger partial charge in [0.1, 0.15) is 0 Å². The zero-order valence-electron chi connectivity index (χ0n) is 7.61. The second kappa shape index (κ2) is 3.01. The third-order valence-electron chi connectivity index (χ3n) is 2.05. The predicted octanol–water partition coefficient (Wildman–Crippen LogP) is 1.95.